The number of rotatable bonds is 3. The van der Waals surface area contributed by atoms with E-state index in [0.29, 0.717) is 17.0 Å². The molecule has 0 spiro atoms. The molecule has 0 bridgehead atoms. The van der Waals surface area contributed by atoms with Gasteiger partial charge in [0, 0.05) is 22.5 Å². The fraction of sp³-hybridized carbons (Fsp3) is 0.0625. The van der Waals surface area contributed by atoms with Crippen LogP contribution in [0.25, 0.3) is 22.2 Å². The van der Waals surface area contributed by atoms with Gasteiger partial charge in [0.15, 0.2) is 0 Å². The van der Waals surface area contributed by atoms with Crippen molar-refractivity contribution in [2.24, 2.45) is 0 Å². The summed E-state index contributed by atoms with van der Waals surface area (Å²) < 4.78 is 40.4. The van der Waals surface area contributed by atoms with Crippen LogP contribution in [0.3, 0.4) is 0 Å². The third-order valence-electron chi connectivity index (χ3n) is 3.40. The van der Waals surface area contributed by atoms with Gasteiger partial charge in [-0.25, -0.2) is 13.2 Å². The van der Waals surface area contributed by atoms with Gasteiger partial charge in [-0.2, -0.15) is 0 Å². The van der Waals surface area contributed by atoms with E-state index < -0.39 is 29.8 Å². The summed E-state index contributed by atoms with van der Waals surface area (Å²) in [5, 5.41) is 9.40. The molecule has 1 heterocycles. The van der Waals surface area contributed by atoms with Crippen molar-refractivity contribution < 1.29 is 23.1 Å². The first-order valence-electron chi connectivity index (χ1n) is 6.43. The number of carbonyl (C=O) groups is 1. The summed E-state index contributed by atoms with van der Waals surface area (Å²) in [6.45, 7) is 0. The zero-order valence-corrected chi connectivity index (χ0v) is 11.2. The maximum atomic E-state index is 14.0. The molecule has 0 amide bonds. The van der Waals surface area contributed by atoms with Crippen LogP contribution >= 0.6 is 0 Å². The van der Waals surface area contributed by atoms with Crippen molar-refractivity contribution in [2.75, 3.05) is 0 Å². The molecule has 3 nitrogen and oxygen atoms in total. The molecule has 0 saturated heterocycles. The number of benzene rings is 2. The van der Waals surface area contributed by atoms with E-state index in [1.165, 1.54) is 24.3 Å². The van der Waals surface area contributed by atoms with Crippen molar-refractivity contribution >= 4 is 16.9 Å². The minimum absolute atomic E-state index is 0.0364. The van der Waals surface area contributed by atoms with Crippen molar-refractivity contribution in [3.05, 3.63) is 59.4 Å². The monoisotopic (exact) mass is 305 g/mol. The molecule has 0 unspecified atom stereocenters. The summed E-state index contributed by atoms with van der Waals surface area (Å²) in [5.41, 5.74) is 0.985. The number of H-pyrrole nitrogens is 1. The number of nitrogens with one attached hydrogen (secondary N) is 1. The highest BCUT2D eigenvalue weighted by Gasteiger charge is 2.19. The number of hydrogen-bond donors (Lipinski definition) is 2. The molecule has 2 aromatic carbocycles. The molecular weight excluding hydrogens is 295 g/mol. The van der Waals surface area contributed by atoms with Crippen LogP contribution in [0.15, 0.2) is 36.4 Å². The molecule has 22 heavy (non-hydrogen) atoms. The summed E-state index contributed by atoms with van der Waals surface area (Å²) in [4.78, 5) is 13.9. The Morgan fingerprint density at radius 2 is 1.73 bits per heavy atom. The van der Waals surface area contributed by atoms with Crippen molar-refractivity contribution in [3.8, 4) is 11.3 Å². The standard InChI is InChI=1S/C16H10F3NO2/c17-8-2-4-14-11(5-8)12(7-15(21)22)16(20-14)10-3-1-9(18)6-13(10)19/h1-6,20H,7H2,(H,21,22). The highest BCUT2D eigenvalue weighted by atomic mass is 19.1. The summed E-state index contributed by atoms with van der Waals surface area (Å²) >= 11 is 0. The number of aromatic amines is 1. The lowest BCUT2D eigenvalue weighted by atomic mass is 10.0. The smallest absolute Gasteiger partial charge is 0.307 e. The molecular formula is C16H10F3NO2. The predicted molar refractivity (Wildman–Crippen MR) is 74.9 cm³/mol. The first-order chi connectivity index (χ1) is 10.5. The Kier molecular flexibility index (Phi) is 3.36. The number of halogens is 3. The number of carboxylic acid groups (broad SMARTS) is 1. The van der Waals surface area contributed by atoms with Crippen LogP contribution in [-0.2, 0) is 11.2 Å². The molecule has 3 aromatic rings. The van der Waals surface area contributed by atoms with Gasteiger partial charge in [-0.15, -0.1) is 0 Å². The fourth-order valence-electron chi connectivity index (χ4n) is 2.48. The van der Waals surface area contributed by atoms with Gasteiger partial charge in [-0.05, 0) is 35.9 Å². The van der Waals surface area contributed by atoms with E-state index >= 15 is 0 Å². The Bertz CT molecular complexity index is 886. The van der Waals surface area contributed by atoms with Gasteiger partial charge in [-0.3, -0.25) is 4.79 Å². The average molecular weight is 305 g/mol. The summed E-state index contributed by atoms with van der Waals surface area (Å²) in [5.74, 6) is -3.21. The maximum absolute atomic E-state index is 14.0. The van der Waals surface area contributed by atoms with Crippen LogP contribution in [0.2, 0.25) is 0 Å². The Balaban J connectivity index is 2.30. The molecule has 0 aliphatic heterocycles. The fourth-order valence-corrected chi connectivity index (χ4v) is 2.48. The number of fused-ring (bicyclic) bond motifs is 1. The zero-order chi connectivity index (χ0) is 15.9. The third-order valence-corrected chi connectivity index (χ3v) is 3.40. The largest absolute Gasteiger partial charge is 0.481 e. The first kappa shape index (κ1) is 14.2. The van der Waals surface area contributed by atoms with Crippen molar-refractivity contribution in [1.29, 1.82) is 0 Å². The molecule has 0 fully saturated rings. The molecule has 1 aromatic heterocycles. The normalized spacial score (nSPS) is 11.0. The van der Waals surface area contributed by atoms with Gasteiger partial charge in [0.2, 0.25) is 0 Å². The topological polar surface area (TPSA) is 53.1 Å². The zero-order valence-electron chi connectivity index (χ0n) is 11.2. The molecule has 0 saturated carbocycles. The van der Waals surface area contributed by atoms with Crippen molar-refractivity contribution in [1.82, 2.24) is 4.98 Å². The van der Waals surface area contributed by atoms with Crippen molar-refractivity contribution in [2.45, 2.75) is 6.42 Å². The summed E-state index contributed by atoms with van der Waals surface area (Å²) in [7, 11) is 0. The number of carboxylic acids is 1. The second-order valence-corrected chi connectivity index (χ2v) is 4.86. The van der Waals surface area contributed by atoms with E-state index in [0.717, 1.165) is 6.07 Å². The SMILES string of the molecule is O=C(O)Cc1c(-c2ccc(F)cc2F)[nH]c2ccc(F)cc12. The van der Waals surface area contributed by atoms with Gasteiger partial charge >= 0.3 is 5.97 Å². The second kappa shape index (κ2) is 5.22. The van der Waals surface area contributed by atoms with Gasteiger partial charge in [0.1, 0.15) is 17.5 Å². The van der Waals surface area contributed by atoms with Gasteiger partial charge < -0.3 is 10.1 Å². The van der Waals surface area contributed by atoms with Crippen LogP contribution < -0.4 is 0 Å². The molecule has 112 valence electrons. The van der Waals surface area contributed by atoms with E-state index in [1.54, 1.807) is 0 Å². The average Bonchev–Trinajstić information content (AvgIpc) is 2.76. The number of aliphatic carboxylic acids is 1. The Hall–Kier alpha value is -2.76. The van der Waals surface area contributed by atoms with E-state index in [-0.39, 0.29) is 16.8 Å². The summed E-state index contributed by atoms with van der Waals surface area (Å²) in [6, 6.07) is 6.86. The third kappa shape index (κ3) is 2.43. The quantitative estimate of drug-likeness (QED) is 0.771. The molecule has 3 rings (SSSR count). The van der Waals surface area contributed by atoms with Crippen LogP contribution in [-0.4, -0.2) is 16.1 Å². The lowest BCUT2D eigenvalue weighted by Crippen LogP contribution is -2.01. The van der Waals surface area contributed by atoms with E-state index in [2.05, 4.69) is 4.98 Å². The van der Waals surface area contributed by atoms with Crippen LogP contribution in [0, 0.1) is 17.5 Å². The van der Waals surface area contributed by atoms with Crippen LogP contribution in [0.5, 0.6) is 0 Å². The highest BCUT2D eigenvalue weighted by Crippen LogP contribution is 2.33. The molecule has 2 N–H and O–H groups in total. The summed E-state index contributed by atoms with van der Waals surface area (Å²) in [6.07, 6.45) is -0.407. The number of aromatic nitrogens is 1. The molecule has 6 heteroatoms. The highest BCUT2D eigenvalue weighted by molar-refractivity contribution is 5.94. The van der Waals surface area contributed by atoms with Crippen LogP contribution in [0.1, 0.15) is 5.56 Å². The Labute approximate surface area is 123 Å². The Morgan fingerprint density at radius 1 is 1.05 bits per heavy atom. The minimum Gasteiger partial charge on any atom is -0.481 e. The minimum atomic E-state index is -1.13. The Morgan fingerprint density at radius 3 is 2.41 bits per heavy atom. The lowest BCUT2D eigenvalue weighted by molar-refractivity contribution is -0.136. The van der Waals surface area contributed by atoms with Gasteiger partial charge in [-0.1, -0.05) is 0 Å². The first-order valence-corrected chi connectivity index (χ1v) is 6.43. The lowest BCUT2D eigenvalue weighted by Gasteiger charge is -2.05. The van der Waals surface area contributed by atoms with E-state index in [9.17, 15) is 18.0 Å². The van der Waals surface area contributed by atoms with Gasteiger partial charge in [0.25, 0.3) is 0 Å². The van der Waals surface area contributed by atoms with Gasteiger partial charge in [0.05, 0.1) is 12.1 Å². The van der Waals surface area contributed by atoms with Crippen LogP contribution in [0.4, 0.5) is 13.2 Å². The molecule has 0 aliphatic rings. The predicted octanol–water partition coefficient (Wildman–Crippen LogP) is 3.88. The van der Waals surface area contributed by atoms with Crippen molar-refractivity contribution in [3.63, 3.8) is 0 Å². The molecule has 0 atom stereocenters. The van der Waals surface area contributed by atoms with E-state index in [4.69, 9.17) is 5.11 Å². The van der Waals surface area contributed by atoms with E-state index in [1.807, 2.05) is 0 Å². The number of hydrogen-bond acceptors (Lipinski definition) is 1. The molecule has 0 radical (unpaired) electrons. The molecule has 0 aliphatic carbocycles. The second-order valence-electron chi connectivity index (χ2n) is 4.86. The maximum Gasteiger partial charge on any atom is 0.307 e.